The number of aromatic nitrogens is 6. The Morgan fingerprint density at radius 1 is 0.532 bits per heavy atom. The summed E-state index contributed by atoms with van der Waals surface area (Å²) in [6, 6.07) is 17.1. The number of halogens is 2. The van der Waals surface area contributed by atoms with Crippen molar-refractivity contribution in [2.45, 2.75) is 127 Å². The van der Waals surface area contributed by atoms with Gasteiger partial charge in [-0.3, -0.25) is 9.59 Å². The van der Waals surface area contributed by atoms with Crippen molar-refractivity contribution < 1.29 is 9.59 Å². The van der Waals surface area contributed by atoms with Crippen molar-refractivity contribution in [2.75, 3.05) is 10.6 Å². The summed E-state index contributed by atoms with van der Waals surface area (Å²) in [5.41, 5.74) is 5.48. The quantitative estimate of drug-likeness (QED) is 0.0791. The van der Waals surface area contributed by atoms with E-state index in [1.54, 1.807) is 12.4 Å². The molecule has 4 aliphatic rings. The number of hydrogen-bond acceptors (Lipinski definition) is 8. The normalized spacial score (nSPS) is 22.0. The monoisotopic (exact) mass is 874 g/mol. The lowest BCUT2D eigenvalue weighted by molar-refractivity contribution is -0.126. The third kappa shape index (κ3) is 9.87. The molecule has 4 fully saturated rings. The molecule has 62 heavy (non-hydrogen) atoms. The molecule has 2 amide bonds. The van der Waals surface area contributed by atoms with Crippen molar-refractivity contribution >= 4 is 68.7 Å². The van der Waals surface area contributed by atoms with Gasteiger partial charge in [0.05, 0.1) is 33.8 Å². The molecule has 0 saturated heterocycles. The summed E-state index contributed by atoms with van der Waals surface area (Å²) >= 11 is 12.9. The Morgan fingerprint density at radius 3 is 1.37 bits per heavy atom. The fraction of sp³-hybridized carbons (Fsp3) is 0.458. The molecule has 4 heterocycles. The highest BCUT2D eigenvalue weighted by Crippen LogP contribution is 2.35. The van der Waals surface area contributed by atoms with Crippen LogP contribution in [0.4, 0.5) is 11.9 Å². The summed E-state index contributed by atoms with van der Waals surface area (Å²) in [4.78, 5) is 49.9. The molecule has 6 aromatic rings. The van der Waals surface area contributed by atoms with E-state index in [1.807, 2.05) is 48.8 Å². The number of H-pyrrole nitrogens is 2. The van der Waals surface area contributed by atoms with E-state index in [9.17, 15) is 9.59 Å². The van der Waals surface area contributed by atoms with Gasteiger partial charge in [0, 0.05) is 81.3 Å². The van der Waals surface area contributed by atoms with Crippen LogP contribution in [0.5, 0.6) is 0 Å². The SMILES string of the molecule is O=C(N[C@H]1CCC[C@@H](Nc2ncc(Cl)c(-c3c[nH]c4ccccc34)n2)C1)C1CCCC1.O=C(N[C@H]1CCC[C@@H](Nc2ncc(Cl)c(-c3c[nH]c4ccccc34)n2)C1)C1CCCC1. The van der Waals surface area contributed by atoms with E-state index >= 15 is 0 Å². The minimum atomic E-state index is 0.215. The van der Waals surface area contributed by atoms with E-state index in [2.05, 4.69) is 53.3 Å². The van der Waals surface area contributed by atoms with Gasteiger partial charge in [-0.15, -0.1) is 0 Å². The molecule has 4 aliphatic carbocycles. The number of anilines is 2. The highest BCUT2D eigenvalue weighted by molar-refractivity contribution is 6.33. The zero-order valence-electron chi connectivity index (χ0n) is 35.1. The lowest BCUT2D eigenvalue weighted by Crippen LogP contribution is -2.43. The van der Waals surface area contributed by atoms with E-state index in [0.29, 0.717) is 21.9 Å². The van der Waals surface area contributed by atoms with Crippen molar-refractivity contribution in [3.63, 3.8) is 0 Å². The number of benzene rings is 2. The highest BCUT2D eigenvalue weighted by atomic mass is 35.5. The maximum absolute atomic E-state index is 12.5. The molecule has 2 aromatic carbocycles. The lowest BCUT2D eigenvalue weighted by Gasteiger charge is -2.31. The molecule has 12 nitrogen and oxygen atoms in total. The predicted octanol–water partition coefficient (Wildman–Crippen LogP) is 10.6. The standard InChI is InChI=1S/2C24H28ClN5O/c2*25-20-14-27-24(30-22(20)19-13-26-21-11-4-3-10-18(19)21)29-17-9-5-8-16(12-17)28-23(31)15-6-1-2-7-15/h2*3-4,10-11,13-17,26H,1-2,5-9,12H2,(H,28,31)(H,27,29,30)/t2*16-,17+/m00/s1. The van der Waals surface area contributed by atoms with Crippen LogP contribution in [0.1, 0.15) is 103 Å². The van der Waals surface area contributed by atoms with Crippen molar-refractivity contribution in [2.24, 2.45) is 11.8 Å². The first-order chi connectivity index (χ1) is 30.3. The average Bonchev–Trinajstić information content (AvgIpc) is 4.14. The number of para-hydroxylation sites is 2. The minimum absolute atomic E-state index is 0.215. The number of nitrogens with one attached hydrogen (secondary N) is 6. The number of carbonyl (C=O) groups excluding carboxylic acids is 2. The van der Waals surface area contributed by atoms with Crippen LogP contribution in [0.15, 0.2) is 73.3 Å². The maximum Gasteiger partial charge on any atom is 0.223 e. The highest BCUT2D eigenvalue weighted by Gasteiger charge is 2.30. The zero-order chi connectivity index (χ0) is 42.4. The van der Waals surface area contributed by atoms with Gasteiger partial charge < -0.3 is 31.2 Å². The number of carbonyl (C=O) groups is 2. The molecular weight excluding hydrogens is 820 g/mol. The summed E-state index contributed by atoms with van der Waals surface area (Å²) in [6.45, 7) is 0. The van der Waals surface area contributed by atoms with Gasteiger partial charge in [0.25, 0.3) is 0 Å². The van der Waals surface area contributed by atoms with Crippen molar-refractivity contribution in [3.05, 3.63) is 83.4 Å². The van der Waals surface area contributed by atoms with Crippen LogP contribution >= 0.6 is 23.2 Å². The summed E-state index contributed by atoms with van der Waals surface area (Å²) in [7, 11) is 0. The van der Waals surface area contributed by atoms with Crippen molar-refractivity contribution in [3.8, 4) is 22.5 Å². The third-order valence-corrected chi connectivity index (χ3v) is 13.9. The van der Waals surface area contributed by atoms with E-state index in [-0.39, 0.29) is 47.8 Å². The van der Waals surface area contributed by atoms with E-state index in [1.165, 1.54) is 25.7 Å². The van der Waals surface area contributed by atoms with Gasteiger partial charge in [-0.25, -0.2) is 19.9 Å². The molecule has 0 bridgehead atoms. The predicted molar refractivity (Wildman–Crippen MR) is 248 cm³/mol. The van der Waals surface area contributed by atoms with Gasteiger partial charge in [-0.05, 0) is 89.2 Å². The van der Waals surface area contributed by atoms with Crippen LogP contribution in [0.25, 0.3) is 44.3 Å². The van der Waals surface area contributed by atoms with Gasteiger partial charge in [0.2, 0.25) is 23.7 Å². The Balaban J connectivity index is 0.000000158. The van der Waals surface area contributed by atoms with E-state index in [4.69, 9.17) is 33.2 Å². The first kappa shape index (κ1) is 42.1. The number of fused-ring (bicyclic) bond motifs is 2. The second-order valence-corrected chi connectivity index (χ2v) is 18.5. The molecule has 0 unspecified atom stereocenters. The molecule has 0 aliphatic heterocycles. The van der Waals surface area contributed by atoms with Crippen molar-refractivity contribution in [1.29, 1.82) is 0 Å². The fourth-order valence-electron chi connectivity index (χ4n) is 10.1. The van der Waals surface area contributed by atoms with E-state index in [0.717, 1.165) is 121 Å². The number of aromatic amines is 2. The largest absolute Gasteiger partial charge is 0.360 e. The third-order valence-electron chi connectivity index (χ3n) is 13.3. The molecule has 6 N–H and O–H groups in total. The molecule has 0 spiro atoms. The van der Waals surface area contributed by atoms with Crippen LogP contribution in [-0.4, -0.2) is 65.9 Å². The maximum atomic E-state index is 12.5. The minimum Gasteiger partial charge on any atom is -0.360 e. The average molecular weight is 876 g/mol. The van der Waals surface area contributed by atoms with Gasteiger partial charge in [0.1, 0.15) is 0 Å². The number of hydrogen-bond donors (Lipinski definition) is 6. The molecular formula is C48H56Cl2N10O2. The summed E-state index contributed by atoms with van der Waals surface area (Å²) in [6.07, 6.45) is 24.2. The summed E-state index contributed by atoms with van der Waals surface area (Å²) in [5, 5.41) is 16.8. The van der Waals surface area contributed by atoms with Crippen LogP contribution in [0, 0.1) is 11.8 Å². The molecule has 14 heteroatoms. The molecule has 0 radical (unpaired) electrons. The van der Waals surface area contributed by atoms with Gasteiger partial charge in [0.15, 0.2) is 0 Å². The molecule has 10 rings (SSSR count). The van der Waals surface area contributed by atoms with Crippen LogP contribution in [0.3, 0.4) is 0 Å². The topological polar surface area (TPSA) is 165 Å². The second-order valence-electron chi connectivity index (χ2n) is 17.7. The number of amides is 2. The Labute approximate surface area is 372 Å². The first-order valence-corrected chi connectivity index (χ1v) is 23.4. The molecule has 4 saturated carbocycles. The van der Waals surface area contributed by atoms with Gasteiger partial charge in [-0.2, -0.15) is 0 Å². The Bertz CT molecular complexity index is 2320. The fourth-order valence-corrected chi connectivity index (χ4v) is 10.5. The van der Waals surface area contributed by atoms with Crippen LogP contribution in [-0.2, 0) is 9.59 Å². The molecule has 324 valence electrons. The molecule has 4 aromatic heterocycles. The Morgan fingerprint density at radius 2 is 0.935 bits per heavy atom. The Hall–Kier alpha value is -5.20. The number of nitrogens with zero attached hydrogens (tertiary/aromatic N) is 4. The first-order valence-electron chi connectivity index (χ1n) is 22.7. The van der Waals surface area contributed by atoms with Crippen LogP contribution in [0.2, 0.25) is 10.0 Å². The van der Waals surface area contributed by atoms with Crippen molar-refractivity contribution in [1.82, 2.24) is 40.5 Å². The molecule has 4 atom stereocenters. The summed E-state index contributed by atoms with van der Waals surface area (Å²) < 4.78 is 0. The number of rotatable bonds is 10. The second kappa shape index (κ2) is 19.5. The van der Waals surface area contributed by atoms with Gasteiger partial charge >= 0.3 is 0 Å². The smallest absolute Gasteiger partial charge is 0.223 e. The van der Waals surface area contributed by atoms with Gasteiger partial charge in [-0.1, -0.05) is 85.3 Å². The van der Waals surface area contributed by atoms with Crippen LogP contribution < -0.4 is 21.3 Å². The van der Waals surface area contributed by atoms with E-state index < -0.39 is 0 Å². The summed E-state index contributed by atoms with van der Waals surface area (Å²) in [5.74, 6) is 2.08. The lowest BCUT2D eigenvalue weighted by atomic mass is 9.90. The Kier molecular flexibility index (Phi) is 13.2. The zero-order valence-corrected chi connectivity index (χ0v) is 36.6.